The minimum absolute atomic E-state index is 0.133. The number of pyridine rings is 1. The fourth-order valence-electron chi connectivity index (χ4n) is 2.91. The van der Waals surface area contributed by atoms with E-state index >= 15 is 0 Å². The van der Waals surface area contributed by atoms with Crippen LogP contribution in [0.15, 0.2) is 42.7 Å². The molecule has 0 saturated heterocycles. The molecular weight excluding hydrogens is 356 g/mol. The van der Waals surface area contributed by atoms with Crippen molar-refractivity contribution in [3.63, 3.8) is 0 Å². The van der Waals surface area contributed by atoms with E-state index in [-0.39, 0.29) is 5.75 Å². The number of hydrazine groups is 2. The van der Waals surface area contributed by atoms with Gasteiger partial charge in [-0.15, -0.1) is 5.53 Å². The lowest BCUT2D eigenvalue weighted by Crippen LogP contribution is -2.19. The molecule has 4 rings (SSSR count). The Labute approximate surface area is 153 Å². The second-order valence-electron chi connectivity index (χ2n) is 6.05. The van der Waals surface area contributed by atoms with Gasteiger partial charge in [0, 0.05) is 12.6 Å². The van der Waals surface area contributed by atoms with Crippen molar-refractivity contribution in [3.8, 4) is 5.75 Å². The van der Waals surface area contributed by atoms with Gasteiger partial charge in [0.25, 0.3) is 0 Å². The molecule has 0 amide bonds. The average molecular weight is 373 g/mol. The summed E-state index contributed by atoms with van der Waals surface area (Å²) in [6, 6.07) is 8.31. The summed E-state index contributed by atoms with van der Waals surface area (Å²) in [4.78, 5) is 4.21. The van der Waals surface area contributed by atoms with Gasteiger partial charge >= 0.3 is 6.61 Å². The van der Waals surface area contributed by atoms with E-state index in [1.807, 2.05) is 12.3 Å². The molecule has 0 bridgehead atoms. The van der Waals surface area contributed by atoms with Crippen LogP contribution in [-0.4, -0.2) is 21.4 Å². The Morgan fingerprint density at radius 3 is 2.74 bits per heavy atom. The first kappa shape index (κ1) is 17.0. The van der Waals surface area contributed by atoms with Crippen molar-refractivity contribution in [2.24, 2.45) is 0 Å². The van der Waals surface area contributed by atoms with Crippen LogP contribution in [0.5, 0.6) is 5.75 Å². The number of hydrogen-bond donors (Lipinski definition) is 4. The van der Waals surface area contributed by atoms with Gasteiger partial charge < -0.3 is 15.9 Å². The van der Waals surface area contributed by atoms with Crippen LogP contribution in [0.3, 0.4) is 0 Å². The molecule has 1 aliphatic heterocycles. The van der Waals surface area contributed by atoms with Gasteiger partial charge in [-0.3, -0.25) is 10.1 Å². The van der Waals surface area contributed by atoms with Crippen LogP contribution in [0.4, 0.5) is 26.1 Å². The molecule has 1 aromatic carbocycles. The van der Waals surface area contributed by atoms with Gasteiger partial charge in [-0.2, -0.15) is 13.9 Å². The molecule has 3 aromatic rings. The molecule has 8 nitrogen and oxygen atoms in total. The maximum atomic E-state index is 12.2. The molecule has 0 saturated carbocycles. The van der Waals surface area contributed by atoms with Crippen LogP contribution in [0.25, 0.3) is 0 Å². The minimum Gasteiger partial charge on any atom is -0.435 e. The predicted molar refractivity (Wildman–Crippen MR) is 96.2 cm³/mol. The molecule has 27 heavy (non-hydrogen) atoms. The summed E-state index contributed by atoms with van der Waals surface area (Å²) in [7, 11) is 0. The number of halogens is 2. The van der Waals surface area contributed by atoms with Gasteiger partial charge in [0.2, 0.25) is 0 Å². The highest BCUT2D eigenvalue weighted by molar-refractivity contribution is 5.74. The first-order valence-electron chi connectivity index (χ1n) is 8.18. The second-order valence-corrected chi connectivity index (χ2v) is 6.05. The van der Waals surface area contributed by atoms with Crippen LogP contribution >= 0.6 is 0 Å². The van der Waals surface area contributed by atoms with Crippen molar-refractivity contribution in [1.29, 1.82) is 0 Å². The summed E-state index contributed by atoms with van der Waals surface area (Å²) in [5.74, 6) is 1.22. The number of ether oxygens (including phenoxy) is 1. The highest BCUT2D eigenvalue weighted by atomic mass is 19.3. The highest BCUT2D eigenvalue weighted by Crippen LogP contribution is 2.30. The summed E-state index contributed by atoms with van der Waals surface area (Å²) >= 11 is 0. The molecule has 0 radical (unpaired) electrons. The van der Waals surface area contributed by atoms with Crippen LogP contribution in [-0.2, 0) is 13.0 Å². The molecule has 10 heteroatoms. The number of anilines is 3. The van der Waals surface area contributed by atoms with E-state index < -0.39 is 6.61 Å². The number of nitrogens with two attached hydrogens (primary N) is 1. The van der Waals surface area contributed by atoms with Gasteiger partial charge in [-0.1, -0.05) is 12.1 Å². The zero-order chi connectivity index (χ0) is 18.8. The molecular formula is C17H17F2N7O. The van der Waals surface area contributed by atoms with E-state index in [0.29, 0.717) is 24.6 Å². The molecule has 1 aliphatic rings. The zero-order valence-corrected chi connectivity index (χ0v) is 14.1. The van der Waals surface area contributed by atoms with Crippen molar-refractivity contribution in [2.75, 3.05) is 16.6 Å². The van der Waals surface area contributed by atoms with Crippen molar-refractivity contribution < 1.29 is 13.5 Å². The van der Waals surface area contributed by atoms with E-state index in [4.69, 9.17) is 5.73 Å². The lowest BCUT2D eigenvalue weighted by molar-refractivity contribution is -0.0498. The monoisotopic (exact) mass is 373 g/mol. The number of alkyl halides is 2. The third kappa shape index (κ3) is 3.90. The number of nitrogen functional groups attached to an aromatic ring is 1. The average Bonchev–Trinajstić information content (AvgIpc) is 3.25. The van der Waals surface area contributed by atoms with Crippen molar-refractivity contribution in [3.05, 3.63) is 59.4 Å². The summed E-state index contributed by atoms with van der Waals surface area (Å²) in [6.45, 7) is -2.31. The standard InChI is InChI=1S/C17H17F2N7O/c18-17(19)27-13-3-1-10(2-4-13)8-26-9-11(7-21-26)5-12-6-14(20)22-16-15(12)23-25-24-16/h1-4,6-7,9,17,23,25H,5,8H2,(H3,20,22,24). The van der Waals surface area contributed by atoms with Crippen molar-refractivity contribution >= 4 is 17.3 Å². The molecule has 0 aliphatic carbocycles. The van der Waals surface area contributed by atoms with Crippen molar-refractivity contribution in [2.45, 2.75) is 19.6 Å². The third-order valence-electron chi connectivity index (χ3n) is 4.06. The largest absolute Gasteiger partial charge is 0.435 e. The Morgan fingerprint density at radius 2 is 1.96 bits per heavy atom. The quantitative estimate of drug-likeness (QED) is 0.526. The summed E-state index contributed by atoms with van der Waals surface area (Å²) in [5.41, 5.74) is 18.3. The Bertz CT molecular complexity index is 943. The number of nitrogens with zero attached hydrogens (tertiary/aromatic N) is 3. The van der Waals surface area contributed by atoms with Crippen molar-refractivity contribution in [1.82, 2.24) is 20.3 Å². The van der Waals surface area contributed by atoms with Crippen LogP contribution in [0, 0.1) is 0 Å². The fourth-order valence-corrected chi connectivity index (χ4v) is 2.91. The molecule has 5 N–H and O–H groups in total. The van der Waals surface area contributed by atoms with E-state index in [1.165, 1.54) is 12.1 Å². The first-order valence-corrected chi connectivity index (χ1v) is 8.18. The molecule has 0 fully saturated rings. The number of benzene rings is 1. The van der Waals surface area contributed by atoms with Crippen LogP contribution < -0.4 is 26.9 Å². The topological polar surface area (TPSA) is 102 Å². The number of hydrogen-bond acceptors (Lipinski definition) is 7. The minimum atomic E-state index is -2.83. The first-order chi connectivity index (χ1) is 13.1. The molecule has 0 unspecified atom stereocenters. The summed E-state index contributed by atoms with van der Waals surface area (Å²) in [6.07, 6.45) is 4.35. The van der Waals surface area contributed by atoms with E-state index in [0.717, 1.165) is 22.4 Å². The van der Waals surface area contributed by atoms with Crippen LogP contribution in [0.2, 0.25) is 0 Å². The summed E-state index contributed by atoms with van der Waals surface area (Å²) < 4.78 is 30.5. The van der Waals surface area contributed by atoms with Gasteiger partial charge in [0.15, 0.2) is 5.82 Å². The van der Waals surface area contributed by atoms with Gasteiger partial charge in [-0.05, 0) is 34.9 Å². The second kappa shape index (κ2) is 7.08. The summed E-state index contributed by atoms with van der Waals surface area (Å²) in [5, 5.41) is 4.36. The Balaban J connectivity index is 1.45. The smallest absolute Gasteiger partial charge is 0.387 e. The van der Waals surface area contributed by atoms with Crippen LogP contribution in [0.1, 0.15) is 16.7 Å². The van der Waals surface area contributed by atoms with E-state index in [9.17, 15) is 8.78 Å². The van der Waals surface area contributed by atoms with Gasteiger partial charge in [-0.25, -0.2) is 4.98 Å². The number of aromatic nitrogens is 3. The number of rotatable bonds is 6. The Morgan fingerprint density at radius 1 is 1.15 bits per heavy atom. The van der Waals surface area contributed by atoms with Gasteiger partial charge in [0.05, 0.1) is 18.4 Å². The molecule has 2 aromatic heterocycles. The molecule has 3 heterocycles. The maximum Gasteiger partial charge on any atom is 0.387 e. The lowest BCUT2D eigenvalue weighted by atomic mass is 10.1. The highest BCUT2D eigenvalue weighted by Gasteiger charge is 2.17. The number of nitrogens with one attached hydrogen (secondary N) is 3. The SMILES string of the molecule is Nc1cc(Cc2cnn(Cc3ccc(OC(F)F)cc3)c2)c2c(n1)NNN2. The normalized spacial score (nSPS) is 12.6. The third-order valence-corrected chi connectivity index (χ3v) is 4.06. The fraction of sp³-hybridized carbons (Fsp3) is 0.176. The van der Waals surface area contributed by atoms with E-state index in [1.54, 1.807) is 23.0 Å². The molecule has 0 spiro atoms. The maximum absolute atomic E-state index is 12.2. The van der Waals surface area contributed by atoms with E-state index in [2.05, 4.69) is 31.2 Å². The zero-order valence-electron chi connectivity index (χ0n) is 14.1. The Kier molecular flexibility index (Phi) is 4.47. The Hall–Kier alpha value is -3.40. The predicted octanol–water partition coefficient (Wildman–Crippen LogP) is 2.36. The molecule has 0 atom stereocenters. The lowest BCUT2D eigenvalue weighted by Gasteiger charge is -2.07. The van der Waals surface area contributed by atoms with Gasteiger partial charge in [0.1, 0.15) is 11.6 Å². The number of fused-ring (bicyclic) bond motifs is 1. The molecule has 140 valence electrons.